The number of nitrogens with one attached hydrogen (secondary N) is 1. The van der Waals surface area contributed by atoms with Crippen molar-refractivity contribution in [3.63, 3.8) is 0 Å². The minimum absolute atomic E-state index is 0.526. The Kier molecular flexibility index (Phi) is 10.1. The van der Waals surface area contributed by atoms with Crippen molar-refractivity contribution in [3.8, 4) is 34.0 Å². The molecule has 0 amide bonds. The molecule has 0 spiro atoms. The number of benzene rings is 4. The summed E-state index contributed by atoms with van der Waals surface area (Å²) >= 11 is 0. The minimum Gasteiger partial charge on any atom is -0.493 e. The van der Waals surface area contributed by atoms with Crippen molar-refractivity contribution in [3.05, 3.63) is 91.1 Å². The van der Waals surface area contributed by atoms with Gasteiger partial charge in [0.15, 0.2) is 17.3 Å². The molecule has 0 aliphatic carbocycles. The van der Waals surface area contributed by atoms with Crippen LogP contribution in [0.4, 0.5) is 16.3 Å². The molecular weight excluding hydrogens is 654 g/mol. The van der Waals surface area contributed by atoms with Gasteiger partial charge in [-0.05, 0) is 88.8 Å². The van der Waals surface area contributed by atoms with Crippen LogP contribution in [0.3, 0.4) is 0 Å². The Morgan fingerprint density at radius 3 is 2.46 bits per heavy atom. The Balaban J connectivity index is 1.25. The SMILES string of the molecule is COc1cc2nc(-c3cccc(-c4ccccc4)c3)nc(Nc3ccc4c(cnn4C(=O)OC(C)(C)C)c3)c2cc1OCCN1CCCN(C)CC1. The van der Waals surface area contributed by atoms with Gasteiger partial charge in [0.1, 0.15) is 18.0 Å². The molecule has 7 rings (SSSR count). The third-order valence-electron chi connectivity index (χ3n) is 9.08. The quantitative estimate of drug-likeness (QED) is 0.160. The highest BCUT2D eigenvalue weighted by atomic mass is 16.6. The Bertz CT molecular complexity index is 2200. The van der Waals surface area contributed by atoms with E-state index in [0.29, 0.717) is 40.8 Å². The van der Waals surface area contributed by atoms with Gasteiger partial charge in [-0.15, -0.1) is 0 Å². The van der Waals surface area contributed by atoms with Gasteiger partial charge < -0.3 is 24.4 Å². The largest absolute Gasteiger partial charge is 0.493 e. The molecule has 11 nitrogen and oxygen atoms in total. The van der Waals surface area contributed by atoms with Crippen LogP contribution in [0.2, 0.25) is 0 Å². The number of hydrogen-bond donors (Lipinski definition) is 1. The lowest BCUT2D eigenvalue weighted by molar-refractivity contribution is 0.0522. The topological polar surface area (TPSA) is 107 Å². The van der Waals surface area contributed by atoms with E-state index in [2.05, 4.69) is 51.5 Å². The van der Waals surface area contributed by atoms with E-state index in [1.807, 2.05) is 81.4 Å². The first-order chi connectivity index (χ1) is 25.1. The summed E-state index contributed by atoms with van der Waals surface area (Å²) in [5.74, 6) is 2.40. The Hall–Kier alpha value is -5.52. The summed E-state index contributed by atoms with van der Waals surface area (Å²) in [4.78, 5) is 27.8. The maximum absolute atomic E-state index is 12.8. The number of anilines is 2. The molecule has 0 saturated carbocycles. The first-order valence-electron chi connectivity index (χ1n) is 17.7. The van der Waals surface area contributed by atoms with Crippen LogP contribution in [0.5, 0.6) is 11.5 Å². The Morgan fingerprint density at radius 2 is 1.65 bits per heavy atom. The molecule has 3 heterocycles. The average molecular weight is 700 g/mol. The van der Waals surface area contributed by atoms with Crippen LogP contribution in [-0.2, 0) is 4.74 Å². The second kappa shape index (κ2) is 15.0. The number of ether oxygens (including phenoxy) is 3. The van der Waals surface area contributed by atoms with Gasteiger partial charge >= 0.3 is 6.09 Å². The number of fused-ring (bicyclic) bond motifs is 2. The van der Waals surface area contributed by atoms with E-state index in [9.17, 15) is 4.79 Å². The van der Waals surface area contributed by atoms with E-state index in [1.54, 1.807) is 13.3 Å². The molecule has 1 fully saturated rings. The van der Waals surface area contributed by atoms with Gasteiger partial charge in [-0.3, -0.25) is 4.90 Å². The average Bonchev–Trinajstić information content (AvgIpc) is 3.45. The summed E-state index contributed by atoms with van der Waals surface area (Å²) < 4.78 is 19.1. The number of carbonyl (C=O) groups excluding carboxylic acids is 1. The lowest BCUT2D eigenvalue weighted by Crippen LogP contribution is -2.32. The van der Waals surface area contributed by atoms with E-state index in [0.717, 1.165) is 72.3 Å². The predicted octanol–water partition coefficient (Wildman–Crippen LogP) is 7.87. The lowest BCUT2D eigenvalue weighted by atomic mass is 10.0. The van der Waals surface area contributed by atoms with E-state index in [1.165, 1.54) is 4.68 Å². The van der Waals surface area contributed by atoms with E-state index in [4.69, 9.17) is 24.2 Å². The van der Waals surface area contributed by atoms with Gasteiger partial charge in [-0.25, -0.2) is 14.8 Å². The molecular formula is C41H45N7O4. The van der Waals surface area contributed by atoms with Gasteiger partial charge in [0.25, 0.3) is 0 Å². The van der Waals surface area contributed by atoms with Crippen LogP contribution in [0.15, 0.2) is 91.1 Å². The van der Waals surface area contributed by atoms with Crippen LogP contribution in [0.1, 0.15) is 27.2 Å². The summed E-state index contributed by atoms with van der Waals surface area (Å²) in [5.41, 5.74) is 4.53. The lowest BCUT2D eigenvalue weighted by Gasteiger charge is -2.21. The molecule has 1 N–H and O–H groups in total. The molecule has 11 heteroatoms. The van der Waals surface area contributed by atoms with Crippen molar-refractivity contribution in [1.82, 2.24) is 29.5 Å². The molecule has 268 valence electrons. The standard InChI is InChI=1S/C41H45N7O4/c1-41(2,3)52-40(49)48-35-16-15-32(24-31(35)27-42-48)43-39-33-25-37(51-22-21-47-18-10-17-46(4)19-20-47)36(50-5)26-34(33)44-38(45-39)30-14-9-13-29(23-30)28-11-7-6-8-12-28/h6-9,11-16,23-27H,10,17-22H2,1-5H3,(H,43,44,45). The number of hydrogen-bond acceptors (Lipinski definition) is 10. The Morgan fingerprint density at radius 1 is 0.846 bits per heavy atom. The van der Waals surface area contributed by atoms with Gasteiger partial charge in [-0.1, -0.05) is 48.5 Å². The van der Waals surface area contributed by atoms with Crippen LogP contribution < -0.4 is 14.8 Å². The van der Waals surface area contributed by atoms with Crippen molar-refractivity contribution < 1.29 is 19.0 Å². The second-order valence-electron chi connectivity index (χ2n) is 14.1. The maximum atomic E-state index is 12.8. The summed E-state index contributed by atoms with van der Waals surface area (Å²) in [6, 6.07) is 28.0. The predicted molar refractivity (Wildman–Crippen MR) is 206 cm³/mol. The van der Waals surface area contributed by atoms with Crippen molar-refractivity contribution in [2.45, 2.75) is 32.8 Å². The molecule has 0 bridgehead atoms. The number of rotatable bonds is 9. The molecule has 0 radical (unpaired) electrons. The van der Waals surface area contributed by atoms with Crippen LogP contribution in [-0.4, -0.2) is 94.7 Å². The highest BCUT2D eigenvalue weighted by Gasteiger charge is 2.21. The molecule has 0 atom stereocenters. The molecule has 4 aromatic carbocycles. The Labute approximate surface area is 304 Å². The fourth-order valence-corrected chi connectivity index (χ4v) is 6.41. The number of methoxy groups -OCH3 is 1. The summed E-state index contributed by atoms with van der Waals surface area (Å²) in [6.45, 7) is 11.1. The van der Waals surface area contributed by atoms with E-state index < -0.39 is 11.7 Å². The van der Waals surface area contributed by atoms with Crippen molar-refractivity contribution in [2.75, 3.05) is 58.8 Å². The van der Waals surface area contributed by atoms with Gasteiger partial charge in [0.05, 0.1) is 24.3 Å². The van der Waals surface area contributed by atoms with Crippen molar-refractivity contribution >= 4 is 39.4 Å². The molecule has 6 aromatic rings. The van der Waals surface area contributed by atoms with Gasteiger partial charge in [-0.2, -0.15) is 9.78 Å². The highest BCUT2D eigenvalue weighted by molar-refractivity contribution is 5.96. The highest BCUT2D eigenvalue weighted by Crippen LogP contribution is 2.37. The molecule has 1 aliphatic heterocycles. The smallest absolute Gasteiger partial charge is 0.435 e. The van der Waals surface area contributed by atoms with Crippen LogP contribution in [0.25, 0.3) is 44.3 Å². The van der Waals surface area contributed by atoms with E-state index >= 15 is 0 Å². The zero-order chi connectivity index (χ0) is 36.2. The zero-order valence-corrected chi connectivity index (χ0v) is 30.4. The fraction of sp³-hybridized carbons (Fsp3) is 0.317. The zero-order valence-electron chi connectivity index (χ0n) is 30.4. The summed E-state index contributed by atoms with van der Waals surface area (Å²) in [6.07, 6.45) is 2.27. The monoisotopic (exact) mass is 699 g/mol. The summed E-state index contributed by atoms with van der Waals surface area (Å²) in [5, 5.41) is 9.41. The first-order valence-corrected chi connectivity index (χ1v) is 17.7. The number of nitrogens with zero attached hydrogens (tertiary/aromatic N) is 6. The third kappa shape index (κ3) is 8.01. The van der Waals surface area contributed by atoms with Crippen LogP contribution in [0, 0.1) is 0 Å². The van der Waals surface area contributed by atoms with Gasteiger partial charge in [0.2, 0.25) is 0 Å². The second-order valence-corrected chi connectivity index (χ2v) is 14.1. The van der Waals surface area contributed by atoms with Gasteiger partial charge in [0, 0.05) is 47.7 Å². The van der Waals surface area contributed by atoms with E-state index in [-0.39, 0.29) is 0 Å². The van der Waals surface area contributed by atoms with Crippen molar-refractivity contribution in [1.29, 1.82) is 0 Å². The molecule has 1 aliphatic rings. The molecule has 2 aromatic heterocycles. The normalized spacial score (nSPS) is 14.3. The summed E-state index contributed by atoms with van der Waals surface area (Å²) in [7, 11) is 3.82. The number of carbonyl (C=O) groups is 1. The molecule has 1 saturated heterocycles. The maximum Gasteiger partial charge on any atom is 0.435 e. The first kappa shape index (κ1) is 34.9. The molecule has 0 unspecified atom stereocenters. The minimum atomic E-state index is -0.640. The number of likely N-dealkylation sites (N-methyl/N-ethyl adjacent to an activating group) is 1. The third-order valence-corrected chi connectivity index (χ3v) is 9.08. The fourth-order valence-electron chi connectivity index (χ4n) is 6.41. The number of aromatic nitrogens is 4. The van der Waals surface area contributed by atoms with Crippen molar-refractivity contribution in [2.24, 2.45) is 0 Å². The molecule has 52 heavy (non-hydrogen) atoms. The van der Waals surface area contributed by atoms with Crippen LogP contribution >= 0.6 is 0 Å².